The van der Waals surface area contributed by atoms with Crippen molar-refractivity contribution in [3.63, 3.8) is 0 Å². The maximum atomic E-state index is 17.2. The summed E-state index contributed by atoms with van der Waals surface area (Å²) in [6, 6.07) is 4.56. The number of phenolic OH excluding ortho intramolecular Hbond substituents is 1. The van der Waals surface area contributed by atoms with Crippen LogP contribution in [0.2, 0.25) is 0 Å². The molecule has 8 rings (SSSR count). The summed E-state index contributed by atoms with van der Waals surface area (Å²) in [6.07, 6.45) is 5.26. The van der Waals surface area contributed by atoms with Crippen LogP contribution in [0.5, 0.6) is 17.6 Å². The van der Waals surface area contributed by atoms with Crippen LogP contribution in [0.3, 0.4) is 0 Å². The maximum Gasteiger partial charge on any atom is 0.417 e. The van der Waals surface area contributed by atoms with Crippen molar-refractivity contribution in [3.8, 4) is 41.2 Å². The fourth-order valence-electron chi connectivity index (χ4n) is 9.65. The van der Waals surface area contributed by atoms with Gasteiger partial charge in [-0.2, -0.15) is 23.1 Å². The number of aromatic nitrogens is 3. The molecule has 0 radical (unpaired) electrons. The Morgan fingerprint density at radius 3 is 2.45 bits per heavy atom. The number of piperidine rings is 2. The molecule has 10 nitrogen and oxygen atoms in total. The predicted octanol–water partition coefficient (Wildman–Crippen LogP) is 6.64. The number of alkyl halides is 3. The van der Waals surface area contributed by atoms with Gasteiger partial charge in [0, 0.05) is 54.4 Å². The molecule has 4 heterocycles. The molecule has 3 atom stereocenters. The molecule has 0 amide bonds. The Bertz CT molecular complexity index is 2220. The first-order valence-electron chi connectivity index (χ1n) is 18.6. The number of benzene rings is 2. The van der Waals surface area contributed by atoms with Gasteiger partial charge in [0.25, 0.3) is 0 Å². The van der Waals surface area contributed by atoms with Gasteiger partial charge in [0.15, 0.2) is 11.4 Å². The molecule has 2 aliphatic heterocycles. The largest absolute Gasteiger partial charge is 0.508 e. The van der Waals surface area contributed by atoms with Gasteiger partial charge in [0.05, 0.1) is 24.9 Å². The number of phenols is 1. The number of rotatable bonds is 7. The third kappa shape index (κ3) is 6.26. The number of fused-ring (bicyclic) bond motifs is 3. The highest BCUT2D eigenvalue weighted by atomic mass is 19.4. The number of hydrogen-bond acceptors (Lipinski definition) is 10. The van der Waals surface area contributed by atoms with Gasteiger partial charge in [-0.25, -0.2) is 13.8 Å². The van der Waals surface area contributed by atoms with Crippen LogP contribution in [-0.4, -0.2) is 98.0 Å². The van der Waals surface area contributed by atoms with Crippen molar-refractivity contribution in [2.45, 2.75) is 94.2 Å². The Labute approximate surface area is 314 Å². The molecule has 4 fully saturated rings. The van der Waals surface area contributed by atoms with E-state index in [-0.39, 0.29) is 88.6 Å². The fraction of sp³-hybridized carbons (Fsp3) is 0.525. The lowest BCUT2D eigenvalue weighted by Gasteiger charge is -2.55. The van der Waals surface area contributed by atoms with E-state index in [0.717, 1.165) is 38.2 Å². The second kappa shape index (κ2) is 13.3. The lowest BCUT2D eigenvalue weighted by molar-refractivity contribution is -0.303. The number of aliphatic hydroxyl groups is 2. The molecular weight excluding hydrogens is 725 g/mol. The first-order chi connectivity index (χ1) is 26.1. The summed E-state index contributed by atoms with van der Waals surface area (Å²) in [5.41, 5.74) is -4.89. The molecule has 2 aliphatic carbocycles. The van der Waals surface area contributed by atoms with Gasteiger partial charge in [0.1, 0.15) is 34.0 Å². The molecule has 4 aromatic rings. The number of pyridine rings is 1. The number of terminal acetylenes is 1. The number of nitrogens with zero attached hydrogens (tertiary/aromatic N) is 5. The zero-order valence-corrected chi connectivity index (χ0v) is 30.5. The lowest BCUT2D eigenvalue weighted by atomic mass is 9.69. The van der Waals surface area contributed by atoms with Gasteiger partial charge in [0.2, 0.25) is 5.88 Å². The average molecular weight is 768 g/mol. The van der Waals surface area contributed by atoms with Crippen LogP contribution in [0, 0.1) is 29.4 Å². The number of anilines is 1. The van der Waals surface area contributed by atoms with Gasteiger partial charge in [-0.1, -0.05) is 18.4 Å². The zero-order chi connectivity index (χ0) is 39.1. The van der Waals surface area contributed by atoms with Crippen molar-refractivity contribution in [1.82, 2.24) is 19.9 Å². The van der Waals surface area contributed by atoms with E-state index >= 15 is 8.78 Å². The third-order valence-electron chi connectivity index (χ3n) is 12.3. The van der Waals surface area contributed by atoms with E-state index in [2.05, 4.69) is 20.8 Å². The van der Waals surface area contributed by atoms with Gasteiger partial charge in [-0.05, 0) is 75.6 Å². The van der Waals surface area contributed by atoms with Crippen LogP contribution in [0.1, 0.15) is 70.3 Å². The minimum atomic E-state index is -4.69. The Morgan fingerprint density at radius 2 is 1.75 bits per heavy atom. The van der Waals surface area contributed by atoms with Gasteiger partial charge in [-0.15, -0.1) is 6.42 Å². The van der Waals surface area contributed by atoms with Crippen molar-refractivity contribution < 1.29 is 46.7 Å². The Hall–Kier alpha value is -4.52. The summed E-state index contributed by atoms with van der Waals surface area (Å²) in [4.78, 5) is 17.8. The highest BCUT2D eigenvalue weighted by Gasteiger charge is 2.64. The van der Waals surface area contributed by atoms with Crippen molar-refractivity contribution >= 4 is 27.5 Å². The molecule has 2 saturated carbocycles. The molecule has 2 saturated heterocycles. The van der Waals surface area contributed by atoms with Crippen molar-refractivity contribution in [2.75, 3.05) is 38.3 Å². The third-order valence-corrected chi connectivity index (χ3v) is 12.3. The maximum absolute atomic E-state index is 17.2. The first kappa shape index (κ1) is 37.4. The Kier molecular flexibility index (Phi) is 9.05. The lowest BCUT2D eigenvalue weighted by Crippen LogP contribution is -2.66. The van der Waals surface area contributed by atoms with E-state index in [9.17, 15) is 28.5 Å². The minimum Gasteiger partial charge on any atom is -0.508 e. The Balaban J connectivity index is 1.22. The monoisotopic (exact) mass is 767 g/mol. The van der Waals surface area contributed by atoms with Crippen LogP contribution >= 0.6 is 0 Å². The fourth-order valence-corrected chi connectivity index (χ4v) is 9.65. The second-order valence-corrected chi connectivity index (χ2v) is 16.0. The summed E-state index contributed by atoms with van der Waals surface area (Å²) in [5, 5.41) is 32.6. The highest BCUT2D eigenvalue weighted by Crippen LogP contribution is 2.54. The SMILES string of the molecule is C#Cc1c(F)ccc2cc(O)cc(-c3nc(OC)c4c(N5CCC[C@@](C)(O)C5)nc(OC[C@]56CCC[C@H]5N(C5CC(O)(C(F)(F)F)C5)CCC6)nc4c3F)c12. The van der Waals surface area contributed by atoms with Gasteiger partial charge < -0.3 is 29.7 Å². The topological polar surface area (TPSA) is 124 Å². The zero-order valence-electron chi connectivity index (χ0n) is 30.5. The molecule has 0 spiro atoms. The number of ether oxygens (including phenoxy) is 2. The van der Waals surface area contributed by atoms with E-state index in [1.54, 1.807) is 11.8 Å². The number of halogens is 5. The van der Waals surface area contributed by atoms with Crippen molar-refractivity contribution in [2.24, 2.45) is 5.41 Å². The van der Waals surface area contributed by atoms with E-state index in [1.807, 2.05) is 0 Å². The van der Waals surface area contributed by atoms with Crippen LogP contribution in [0.25, 0.3) is 32.9 Å². The molecule has 292 valence electrons. The molecule has 2 aromatic carbocycles. The normalized spacial score (nSPS) is 28.5. The molecule has 15 heteroatoms. The number of methoxy groups -OCH3 is 1. The smallest absolute Gasteiger partial charge is 0.417 e. The van der Waals surface area contributed by atoms with Crippen LogP contribution in [-0.2, 0) is 0 Å². The summed E-state index contributed by atoms with van der Waals surface area (Å²) >= 11 is 0. The molecular formula is C40H42F5N5O5. The summed E-state index contributed by atoms with van der Waals surface area (Å²) < 4.78 is 85.0. The molecule has 0 unspecified atom stereocenters. The molecule has 4 aliphatic rings. The quantitative estimate of drug-likeness (QED) is 0.139. The standard InChI is InChI=1S/C40H42F5N5O5/c1-4-25-27(41)10-9-22-16-24(51)17-26(29(22)25)32-31(42)33-30(35(46-32)54-3)34(49-14-6-11-37(2,52)20-49)48-36(47-33)55-21-38-12-5-8-28(38)50(15-7-13-38)23-18-39(53,19-23)40(43,44)45/h1,9-10,16-17,23,28,51-53H,5-8,11-15,18-21H2,2-3H3/t23?,28-,37-,38-,39?/m1/s1. The molecule has 55 heavy (non-hydrogen) atoms. The second-order valence-electron chi connectivity index (χ2n) is 16.0. The highest BCUT2D eigenvalue weighted by molar-refractivity contribution is 6.04. The molecule has 0 bridgehead atoms. The summed E-state index contributed by atoms with van der Waals surface area (Å²) in [5.74, 6) is 0.601. The van der Waals surface area contributed by atoms with E-state index in [1.165, 1.54) is 25.3 Å². The number of β-amino-alcohol motifs (C(OH)–C–C–N with tert-alkyl or cyclic N) is 1. The van der Waals surface area contributed by atoms with Gasteiger partial charge >= 0.3 is 12.2 Å². The number of likely N-dealkylation sites (tertiary alicyclic amines) is 1. The van der Waals surface area contributed by atoms with Crippen LogP contribution < -0.4 is 14.4 Å². The van der Waals surface area contributed by atoms with E-state index < -0.39 is 40.5 Å². The van der Waals surface area contributed by atoms with E-state index in [0.29, 0.717) is 31.3 Å². The van der Waals surface area contributed by atoms with Crippen molar-refractivity contribution in [3.05, 3.63) is 41.5 Å². The first-order valence-corrected chi connectivity index (χ1v) is 18.6. The molecule has 2 aromatic heterocycles. The van der Waals surface area contributed by atoms with Crippen LogP contribution in [0.4, 0.5) is 27.8 Å². The average Bonchev–Trinajstić information content (AvgIpc) is 3.56. The summed E-state index contributed by atoms with van der Waals surface area (Å²) in [6.45, 7) is 3.05. The summed E-state index contributed by atoms with van der Waals surface area (Å²) in [7, 11) is 1.35. The van der Waals surface area contributed by atoms with Crippen LogP contribution in [0.15, 0.2) is 24.3 Å². The van der Waals surface area contributed by atoms with Crippen molar-refractivity contribution in [1.29, 1.82) is 0 Å². The van der Waals surface area contributed by atoms with E-state index in [4.69, 9.17) is 20.9 Å². The predicted molar refractivity (Wildman–Crippen MR) is 194 cm³/mol. The number of aromatic hydroxyl groups is 1. The Morgan fingerprint density at radius 1 is 1.00 bits per heavy atom. The van der Waals surface area contributed by atoms with Gasteiger partial charge in [-0.3, -0.25) is 4.90 Å². The molecule has 3 N–H and O–H groups in total. The number of hydrogen-bond donors (Lipinski definition) is 3. The minimum absolute atomic E-state index is 0.00656.